The summed E-state index contributed by atoms with van der Waals surface area (Å²) in [7, 11) is 0. The van der Waals surface area contributed by atoms with Crippen molar-refractivity contribution < 1.29 is 9.72 Å². The fourth-order valence-corrected chi connectivity index (χ4v) is 4.28. The minimum atomic E-state index is -0.467. The summed E-state index contributed by atoms with van der Waals surface area (Å²) in [5, 5.41) is 14.5. The van der Waals surface area contributed by atoms with Gasteiger partial charge in [-0.15, -0.1) is 0 Å². The van der Waals surface area contributed by atoms with E-state index in [-0.39, 0.29) is 11.6 Å². The summed E-state index contributed by atoms with van der Waals surface area (Å²) < 4.78 is 0.383. The Bertz CT molecular complexity index is 1160. The topological polar surface area (TPSA) is 75.5 Å². The summed E-state index contributed by atoms with van der Waals surface area (Å²) in [6, 6.07) is 23.4. The number of para-hydroxylation sites is 2. The number of nitro benzene ring substituents is 1. The molecule has 4 rings (SSSR count). The Labute approximate surface area is 182 Å². The Balaban J connectivity index is 1.57. The molecule has 0 aliphatic carbocycles. The van der Waals surface area contributed by atoms with Crippen LogP contribution in [0.25, 0.3) is 6.08 Å². The van der Waals surface area contributed by atoms with E-state index >= 15 is 0 Å². The monoisotopic (exact) mass is 433 g/mol. The maximum Gasteiger partial charge on any atom is 0.276 e. The number of nitrogens with one attached hydrogen (secondary N) is 1. The first kappa shape index (κ1) is 19.8. The molecular formula is C22H15N3O3S2. The molecule has 0 bridgehead atoms. The van der Waals surface area contributed by atoms with E-state index in [4.69, 9.17) is 12.2 Å². The molecule has 0 unspecified atom stereocenters. The molecule has 6 nitrogen and oxygen atoms in total. The summed E-state index contributed by atoms with van der Waals surface area (Å²) in [6.07, 6.45) is 1.52. The first-order valence-electron chi connectivity index (χ1n) is 8.96. The van der Waals surface area contributed by atoms with Crippen LogP contribution in [0.1, 0.15) is 5.56 Å². The Morgan fingerprint density at radius 2 is 1.57 bits per heavy atom. The molecule has 1 N–H and O–H groups in total. The number of anilines is 3. The van der Waals surface area contributed by atoms with Gasteiger partial charge >= 0.3 is 0 Å². The van der Waals surface area contributed by atoms with Crippen LogP contribution in [-0.2, 0) is 4.79 Å². The number of thioether (sulfide) groups is 1. The smallest absolute Gasteiger partial charge is 0.276 e. The Morgan fingerprint density at radius 3 is 2.27 bits per heavy atom. The highest BCUT2D eigenvalue weighted by molar-refractivity contribution is 8.27. The van der Waals surface area contributed by atoms with Crippen molar-refractivity contribution in [1.29, 1.82) is 0 Å². The molecule has 1 fully saturated rings. The van der Waals surface area contributed by atoms with Crippen LogP contribution >= 0.6 is 24.0 Å². The van der Waals surface area contributed by atoms with Gasteiger partial charge in [-0.1, -0.05) is 54.3 Å². The third-order valence-electron chi connectivity index (χ3n) is 4.40. The number of nitro groups is 1. The molecule has 30 heavy (non-hydrogen) atoms. The number of carbonyl (C=O) groups is 1. The maximum absolute atomic E-state index is 12.9. The minimum Gasteiger partial charge on any atom is -0.356 e. The molecule has 0 aromatic heterocycles. The highest BCUT2D eigenvalue weighted by Crippen LogP contribution is 2.37. The van der Waals surface area contributed by atoms with E-state index in [1.54, 1.807) is 18.2 Å². The highest BCUT2D eigenvalue weighted by atomic mass is 32.2. The van der Waals surface area contributed by atoms with E-state index in [1.807, 2.05) is 54.6 Å². The van der Waals surface area contributed by atoms with Crippen molar-refractivity contribution in [2.45, 2.75) is 0 Å². The van der Waals surface area contributed by atoms with Crippen molar-refractivity contribution >= 4 is 63.0 Å². The van der Waals surface area contributed by atoms with Gasteiger partial charge in [-0.3, -0.25) is 19.8 Å². The lowest BCUT2D eigenvalue weighted by Gasteiger charge is -2.15. The van der Waals surface area contributed by atoms with Gasteiger partial charge in [0.1, 0.15) is 0 Å². The van der Waals surface area contributed by atoms with Gasteiger partial charge < -0.3 is 5.32 Å². The van der Waals surface area contributed by atoms with Crippen LogP contribution in [0.15, 0.2) is 83.8 Å². The first-order valence-corrected chi connectivity index (χ1v) is 10.2. The molecule has 0 radical (unpaired) electrons. The van der Waals surface area contributed by atoms with Crippen LogP contribution in [0.3, 0.4) is 0 Å². The van der Waals surface area contributed by atoms with Crippen molar-refractivity contribution in [3.05, 3.63) is 99.4 Å². The number of amides is 1. The van der Waals surface area contributed by atoms with Crippen LogP contribution in [0.4, 0.5) is 22.7 Å². The van der Waals surface area contributed by atoms with Crippen LogP contribution in [0, 0.1) is 10.1 Å². The minimum absolute atomic E-state index is 0.0564. The molecule has 1 heterocycles. The van der Waals surface area contributed by atoms with E-state index in [1.165, 1.54) is 17.0 Å². The van der Waals surface area contributed by atoms with Gasteiger partial charge in [-0.2, -0.15) is 0 Å². The van der Waals surface area contributed by atoms with Crippen LogP contribution in [-0.4, -0.2) is 15.2 Å². The SMILES string of the molecule is O=C1/C(=C/c2ccccc2[N+](=O)[O-])SC(=S)N1c1ccc(Nc2ccccc2)cc1. The molecule has 0 saturated carbocycles. The van der Waals surface area contributed by atoms with Crippen LogP contribution in [0.5, 0.6) is 0 Å². The zero-order valence-electron chi connectivity index (χ0n) is 15.5. The molecule has 1 aliphatic heterocycles. The molecule has 0 atom stereocenters. The van der Waals surface area contributed by atoms with Crippen LogP contribution in [0.2, 0.25) is 0 Å². The molecule has 8 heteroatoms. The molecular weight excluding hydrogens is 418 g/mol. The van der Waals surface area contributed by atoms with Crippen molar-refractivity contribution in [2.75, 3.05) is 10.2 Å². The van der Waals surface area contributed by atoms with E-state index in [2.05, 4.69) is 5.32 Å². The largest absolute Gasteiger partial charge is 0.356 e. The zero-order chi connectivity index (χ0) is 21.1. The average Bonchev–Trinajstić information content (AvgIpc) is 3.03. The predicted octanol–water partition coefficient (Wildman–Crippen LogP) is 5.74. The molecule has 1 aliphatic rings. The summed E-state index contributed by atoms with van der Waals surface area (Å²) in [4.78, 5) is 25.5. The Kier molecular flexibility index (Phi) is 5.60. The summed E-state index contributed by atoms with van der Waals surface area (Å²) in [5.41, 5.74) is 2.79. The highest BCUT2D eigenvalue weighted by Gasteiger charge is 2.33. The summed E-state index contributed by atoms with van der Waals surface area (Å²) in [6.45, 7) is 0. The number of nitrogens with zero attached hydrogens (tertiary/aromatic N) is 2. The van der Waals surface area contributed by atoms with Crippen molar-refractivity contribution in [3.63, 3.8) is 0 Å². The third kappa shape index (κ3) is 4.10. The second kappa shape index (κ2) is 8.48. The molecule has 3 aromatic carbocycles. The fourth-order valence-electron chi connectivity index (χ4n) is 2.99. The van der Waals surface area contributed by atoms with Gasteiger partial charge in [0.2, 0.25) is 0 Å². The van der Waals surface area contributed by atoms with Gasteiger partial charge in [-0.05, 0) is 48.5 Å². The average molecular weight is 434 g/mol. The maximum atomic E-state index is 12.9. The molecule has 0 spiro atoms. The number of carbonyl (C=O) groups excluding carboxylic acids is 1. The summed E-state index contributed by atoms with van der Waals surface area (Å²) in [5.74, 6) is -0.299. The quantitative estimate of drug-likeness (QED) is 0.239. The van der Waals surface area contributed by atoms with Crippen molar-refractivity contribution in [2.24, 2.45) is 0 Å². The molecule has 3 aromatic rings. The van der Waals surface area contributed by atoms with Crippen molar-refractivity contribution in [1.82, 2.24) is 0 Å². The predicted molar refractivity (Wildman–Crippen MR) is 125 cm³/mol. The Morgan fingerprint density at radius 1 is 0.933 bits per heavy atom. The number of benzene rings is 3. The van der Waals surface area contributed by atoms with E-state index in [0.29, 0.717) is 20.5 Å². The first-order chi connectivity index (χ1) is 14.5. The second-order valence-electron chi connectivity index (χ2n) is 6.37. The van der Waals surface area contributed by atoms with Gasteiger partial charge in [0.05, 0.1) is 21.1 Å². The van der Waals surface area contributed by atoms with Gasteiger partial charge in [0.25, 0.3) is 11.6 Å². The Hall–Kier alpha value is -3.49. The molecule has 1 amide bonds. The lowest BCUT2D eigenvalue weighted by atomic mass is 10.1. The van der Waals surface area contributed by atoms with Gasteiger partial charge in [0, 0.05) is 17.4 Å². The standard InChI is InChI=1S/C22H15N3O3S2/c26-21-20(14-15-6-4-5-9-19(15)25(27)28)30-22(29)24(21)18-12-10-17(11-13-18)23-16-7-2-1-3-8-16/h1-14,23H/b20-14-. The number of rotatable bonds is 5. The second-order valence-corrected chi connectivity index (χ2v) is 8.05. The third-order valence-corrected chi connectivity index (χ3v) is 5.70. The van der Waals surface area contributed by atoms with Crippen LogP contribution < -0.4 is 10.2 Å². The van der Waals surface area contributed by atoms with E-state index in [0.717, 1.165) is 23.1 Å². The van der Waals surface area contributed by atoms with Crippen molar-refractivity contribution in [3.8, 4) is 0 Å². The number of hydrogen-bond acceptors (Lipinski definition) is 6. The van der Waals surface area contributed by atoms with Gasteiger partial charge in [-0.25, -0.2) is 0 Å². The van der Waals surface area contributed by atoms with Gasteiger partial charge in [0.15, 0.2) is 4.32 Å². The lowest BCUT2D eigenvalue weighted by Crippen LogP contribution is -2.27. The molecule has 1 saturated heterocycles. The lowest BCUT2D eigenvalue weighted by molar-refractivity contribution is -0.385. The van der Waals surface area contributed by atoms with E-state index in [9.17, 15) is 14.9 Å². The molecule has 148 valence electrons. The zero-order valence-corrected chi connectivity index (χ0v) is 17.2. The normalized spacial score (nSPS) is 14.9. The summed E-state index contributed by atoms with van der Waals surface area (Å²) >= 11 is 6.52. The number of thiocarbonyl (C=S) groups is 1. The number of hydrogen-bond donors (Lipinski definition) is 1. The fraction of sp³-hybridized carbons (Fsp3) is 0. The van der Waals surface area contributed by atoms with E-state index < -0.39 is 4.92 Å².